The van der Waals surface area contributed by atoms with Crippen LogP contribution in [0.2, 0.25) is 5.02 Å². The summed E-state index contributed by atoms with van der Waals surface area (Å²) in [6.45, 7) is 2.75. The zero-order valence-corrected chi connectivity index (χ0v) is 17.6. The van der Waals surface area contributed by atoms with E-state index in [1.165, 1.54) is 0 Å². The van der Waals surface area contributed by atoms with Gasteiger partial charge in [-0.3, -0.25) is 4.98 Å². The lowest BCUT2D eigenvalue weighted by Gasteiger charge is -2.09. The van der Waals surface area contributed by atoms with Crippen LogP contribution in [0, 0.1) is 5.82 Å². The highest BCUT2D eigenvalue weighted by Crippen LogP contribution is 2.28. The lowest BCUT2D eigenvalue weighted by molar-refractivity contribution is 0.316. The Balaban J connectivity index is 1.54. The molecule has 1 aromatic heterocycles. The van der Waals surface area contributed by atoms with Crippen molar-refractivity contribution in [1.82, 2.24) is 4.98 Å². The molecule has 0 unspecified atom stereocenters. The molecule has 0 aliphatic rings. The van der Waals surface area contributed by atoms with Crippen LogP contribution in [0.5, 0.6) is 5.75 Å². The van der Waals surface area contributed by atoms with E-state index in [0.29, 0.717) is 23.4 Å². The lowest BCUT2D eigenvalue weighted by atomic mass is 9.98. The van der Waals surface area contributed by atoms with Gasteiger partial charge in [-0.05, 0) is 66.1 Å². The number of pyridine rings is 1. The Bertz CT molecular complexity index is 1140. The molecule has 2 nitrogen and oxygen atoms in total. The van der Waals surface area contributed by atoms with Crippen LogP contribution in [-0.2, 0) is 12.8 Å². The molecule has 0 bridgehead atoms. The molecule has 0 saturated carbocycles. The van der Waals surface area contributed by atoms with E-state index in [9.17, 15) is 0 Å². The summed E-state index contributed by atoms with van der Waals surface area (Å²) in [6.07, 6.45) is 4.11. The molecule has 0 spiro atoms. The fourth-order valence-corrected chi connectivity index (χ4v) is 3.60. The van der Waals surface area contributed by atoms with Gasteiger partial charge in [0, 0.05) is 16.0 Å². The largest absolute Gasteiger partial charge is 0.492 e. The summed E-state index contributed by atoms with van der Waals surface area (Å²) in [4.78, 5) is 4.49. The maximum Gasteiger partial charge on any atom is 0.137 e. The maximum atomic E-state index is 15.1. The number of halogens is 2. The summed E-state index contributed by atoms with van der Waals surface area (Å²) in [6, 6.07) is 21.2. The van der Waals surface area contributed by atoms with Gasteiger partial charge in [-0.2, -0.15) is 0 Å². The number of fused-ring (bicyclic) bond motifs is 1. The molecule has 0 amide bonds. The summed E-state index contributed by atoms with van der Waals surface area (Å²) < 4.78 is 20.7. The molecule has 0 atom stereocenters. The van der Waals surface area contributed by atoms with Crippen LogP contribution in [0.1, 0.15) is 24.5 Å². The Morgan fingerprint density at radius 3 is 2.50 bits per heavy atom. The predicted octanol–water partition coefficient (Wildman–Crippen LogP) is 7.27. The number of nitrogens with zero attached hydrogens (tertiary/aromatic N) is 1. The highest BCUT2D eigenvalue weighted by Gasteiger charge is 2.10. The first-order valence-corrected chi connectivity index (χ1v) is 10.6. The monoisotopic (exact) mass is 419 g/mol. The molecular weight excluding hydrogens is 397 g/mol. The van der Waals surface area contributed by atoms with Crippen molar-refractivity contribution >= 4 is 22.4 Å². The summed E-state index contributed by atoms with van der Waals surface area (Å²) in [5.41, 5.74) is 3.67. The van der Waals surface area contributed by atoms with Gasteiger partial charge in [0.15, 0.2) is 0 Å². The van der Waals surface area contributed by atoms with E-state index >= 15 is 4.39 Å². The molecule has 0 N–H and O–H groups in total. The summed E-state index contributed by atoms with van der Waals surface area (Å²) in [5, 5.41) is 2.22. The van der Waals surface area contributed by atoms with E-state index in [2.05, 4.69) is 11.9 Å². The van der Waals surface area contributed by atoms with Crippen LogP contribution < -0.4 is 4.74 Å². The third-order valence-electron chi connectivity index (χ3n) is 5.14. The van der Waals surface area contributed by atoms with Crippen LogP contribution in [0.25, 0.3) is 22.0 Å². The van der Waals surface area contributed by atoms with E-state index in [-0.39, 0.29) is 5.82 Å². The molecular formula is C26H23ClFNO. The quantitative estimate of drug-likeness (QED) is 0.314. The van der Waals surface area contributed by atoms with Crippen molar-refractivity contribution in [2.75, 3.05) is 6.61 Å². The minimum Gasteiger partial charge on any atom is -0.492 e. The molecule has 0 saturated heterocycles. The minimum atomic E-state index is -0.149. The molecule has 0 radical (unpaired) electrons. The summed E-state index contributed by atoms with van der Waals surface area (Å²) in [7, 11) is 0. The number of hydrogen-bond donors (Lipinski definition) is 0. The Hall–Kier alpha value is -2.91. The zero-order valence-electron chi connectivity index (χ0n) is 16.9. The SMILES string of the molecule is CCCOc1ccc(-c2ccc3c(F)c(CCc4ccc(Cl)cc4)ccc3c2)nc1. The number of rotatable bonds is 7. The first-order chi connectivity index (χ1) is 14.6. The molecule has 3 aromatic carbocycles. The first kappa shape index (κ1) is 20.4. The van der Waals surface area contributed by atoms with Crippen molar-refractivity contribution in [3.8, 4) is 17.0 Å². The average molecular weight is 420 g/mol. The van der Waals surface area contributed by atoms with Crippen LogP contribution in [0.15, 0.2) is 72.9 Å². The molecule has 0 fully saturated rings. The predicted molar refractivity (Wildman–Crippen MR) is 122 cm³/mol. The van der Waals surface area contributed by atoms with Crippen LogP contribution in [-0.4, -0.2) is 11.6 Å². The molecule has 0 aliphatic carbocycles. The summed E-state index contributed by atoms with van der Waals surface area (Å²) in [5.74, 6) is 0.613. The molecule has 0 aliphatic heterocycles. The smallest absolute Gasteiger partial charge is 0.137 e. The van der Waals surface area contributed by atoms with Crippen molar-refractivity contribution in [2.45, 2.75) is 26.2 Å². The fourth-order valence-electron chi connectivity index (χ4n) is 3.48. The second-order valence-electron chi connectivity index (χ2n) is 7.33. The maximum absolute atomic E-state index is 15.1. The van der Waals surface area contributed by atoms with Crippen LogP contribution >= 0.6 is 11.6 Å². The Morgan fingerprint density at radius 1 is 0.933 bits per heavy atom. The van der Waals surface area contributed by atoms with Gasteiger partial charge in [-0.25, -0.2) is 4.39 Å². The van der Waals surface area contributed by atoms with E-state index in [4.69, 9.17) is 16.3 Å². The molecule has 4 heteroatoms. The van der Waals surface area contributed by atoms with E-state index < -0.39 is 0 Å². The Kier molecular flexibility index (Phi) is 6.29. The van der Waals surface area contributed by atoms with Gasteiger partial charge < -0.3 is 4.74 Å². The van der Waals surface area contributed by atoms with E-state index in [1.807, 2.05) is 66.7 Å². The number of benzene rings is 3. The van der Waals surface area contributed by atoms with Gasteiger partial charge in [0.25, 0.3) is 0 Å². The van der Waals surface area contributed by atoms with Crippen molar-refractivity contribution in [1.29, 1.82) is 0 Å². The molecule has 30 heavy (non-hydrogen) atoms. The standard InChI is InChI=1S/C26H23ClFNO/c1-2-15-30-23-12-14-25(29-17-23)21-9-13-24-20(16-21)8-7-19(26(24)28)6-3-18-4-10-22(27)11-5-18/h4-5,7-14,16-17H,2-3,6,15H2,1H3. The normalized spacial score (nSPS) is 11.0. The molecule has 4 aromatic rings. The van der Waals surface area contributed by atoms with Gasteiger partial charge in [0.2, 0.25) is 0 Å². The fraction of sp³-hybridized carbons (Fsp3) is 0.192. The topological polar surface area (TPSA) is 22.1 Å². The van der Waals surface area contributed by atoms with E-state index in [1.54, 1.807) is 6.20 Å². The van der Waals surface area contributed by atoms with Crippen molar-refractivity contribution in [3.05, 3.63) is 94.9 Å². The number of hydrogen-bond acceptors (Lipinski definition) is 2. The third-order valence-corrected chi connectivity index (χ3v) is 5.39. The molecule has 1 heterocycles. The second-order valence-corrected chi connectivity index (χ2v) is 7.77. The van der Waals surface area contributed by atoms with Crippen LogP contribution in [0.4, 0.5) is 4.39 Å². The number of aromatic nitrogens is 1. The first-order valence-electron chi connectivity index (χ1n) is 10.2. The second kappa shape index (κ2) is 9.27. The Labute approximate surface area is 181 Å². The van der Waals surface area contributed by atoms with Gasteiger partial charge in [-0.15, -0.1) is 0 Å². The van der Waals surface area contributed by atoms with Gasteiger partial charge in [0.05, 0.1) is 18.5 Å². The van der Waals surface area contributed by atoms with Crippen molar-refractivity contribution in [2.24, 2.45) is 0 Å². The van der Waals surface area contributed by atoms with Gasteiger partial charge >= 0.3 is 0 Å². The van der Waals surface area contributed by atoms with Crippen molar-refractivity contribution in [3.63, 3.8) is 0 Å². The summed E-state index contributed by atoms with van der Waals surface area (Å²) >= 11 is 5.93. The number of ether oxygens (including phenoxy) is 1. The van der Waals surface area contributed by atoms with Gasteiger partial charge in [0.1, 0.15) is 11.6 Å². The van der Waals surface area contributed by atoms with Gasteiger partial charge in [-0.1, -0.05) is 54.9 Å². The highest BCUT2D eigenvalue weighted by molar-refractivity contribution is 6.30. The van der Waals surface area contributed by atoms with Crippen molar-refractivity contribution < 1.29 is 9.13 Å². The molecule has 152 valence electrons. The Morgan fingerprint density at radius 2 is 1.77 bits per heavy atom. The molecule has 4 rings (SSSR count). The average Bonchev–Trinajstić information content (AvgIpc) is 2.78. The third kappa shape index (κ3) is 4.63. The highest BCUT2D eigenvalue weighted by atomic mass is 35.5. The van der Waals surface area contributed by atoms with E-state index in [0.717, 1.165) is 46.4 Å². The number of aryl methyl sites for hydroxylation is 2. The zero-order chi connectivity index (χ0) is 20.9. The van der Waals surface area contributed by atoms with Crippen LogP contribution in [0.3, 0.4) is 0 Å². The minimum absolute atomic E-state index is 0.149. The lowest BCUT2D eigenvalue weighted by Crippen LogP contribution is -1.96.